The van der Waals surface area contributed by atoms with Gasteiger partial charge in [0.05, 0.1) is 29.0 Å². The highest BCUT2D eigenvalue weighted by molar-refractivity contribution is 8.00. The number of furan rings is 1. The first-order chi connectivity index (χ1) is 13.6. The molecular formula is C21H25N3O3S. The van der Waals surface area contributed by atoms with E-state index in [9.17, 15) is 9.59 Å². The minimum absolute atomic E-state index is 0.0205. The number of fused-ring (bicyclic) bond motifs is 1. The summed E-state index contributed by atoms with van der Waals surface area (Å²) in [6.45, 7) is 4.99. The van der Waals surface area contributed by atoms with Crippen molar-refractivity contribution in [2.45, 2.75) is 50.1 Å². The van der Waals surface area contributed by atoms with Gasteiger partial charge in [-0.1, -0.05) is 44.2 Å². The fourth-order valence-corrected chi connectivity index (χ4v) is 3.92. The number of aromatic nitrogens is 2. The van der Waals surface area contributed by atoms with Crippen LogP contribution in [0.3, 0.4) is 0 Å². The van der Waals surface area contributed by atoms with Crippen molar-refractivity contribution in [2.24, 2.45) is 0 Å². The van der Waals surface area contributed by atoms with Crippen LogP contribution < -0.4 is 10.9 Å². The van der Waals surface area contributed by atoms with Gasteiger partial charge in [0.1, 0.15) is 5.76 Å². The Morgan fingerprint density at radius 1 is 1.25 bits per heavy atom. The van der Waals surface area contributed by atoms with E-state index in [0.29, 0.717) is 34.8 Å². The van der Waals surface area contributed by atoms with E-state index in [0.717, 1.165) is 12.8 Å². The molecule has 1 amide bonds. The number of para-hydroxylation sites is 1. The van der Waals surface area contributed by atoms with Crippen molar-refractivity contribution in [3.8, 4) is 0 Å². The van der Waals surface area contributed by atoms with Crippen molar-refractivity contribution in [2.75, 3.05) is 6.54 Å². The van der Waals surface area contributed by atoms with E-state index in [1.807, 2.05) is 31.2 Å². The summed E-state index contributed by atoms with van der Waals surface area (Å²) in [6, 6.07) is 10.9. The zero-order chi connectivity index (χ0) is 19.9. The van der Waals surface area contributed by atoms with E-state index >= 15 is 0 Å². The van der Waals surface area contributed by atoms with Gasteiger partial charge in [-0.3, -0.25) is 14.2 Å². The quantitative estimate of drug-likeness (QED) is 0.336. The zero-order valence-corrected chi connectivity index (χ0v) is 17.0. The lowest BCUT2D eigenvalue weighted by molar-refractivity contribution is -0.120. The molecule has 0 aliphatic heterocycles. The van der Waals surface area contributed by atoms with Crippen LogP contribution in [0.4, 0.5) is 0 Å². The Morgan fingerprint density at radius 3 is 2.79 bits per heavy atom. The first kappa shape index (κ1) is 20.2. The summed E-state index contributed by atoms with van der Waals surface area (Å²) in [4.78, 5) is 30.3. The van der Waals surface area contributed by atoms with Crippen LogP contribution >= 0.6 is 11.8 Å². The molecule has 3 rings (SSSR count). The average Bonchev–Trinajstić information content (AvgIpc) is 3.22. The van der Waals surface area contributed by atoms with Crippen molar-refractivity contribution < 1.29 is 9.21 Å². The van der Waals surface area contributed by atoms with Crippen LogP contribution in [0, 0.1) is 0 Å². The maximum atomic E-state index is 13.1. The number of nitrogens with zero attached hydrogens (tertiary/aromatic N) is 2. The second kappa shape index (κ2) is 9.59. The van der Waals surface area contributed by atoms with Gasteiger partial charge in [0.15, 0.2) is 5.16 Å². The molecule has 0 bridgehead atoms. The van der Waals surface area contributed by atoms with Crippen LogP contribution in [0.1, 0.15) is 38.9 Å². The largest absolute Gasteiger partial charge is 0.467 e. The number of rotatable bonds is 9. The number of hydrogen-bond donors (Lipinski definition) is 1. The number of carbonyl (C=O) groups excluding carboxylic acids is 1. The van der Waals surface area contributed by atoms with Gasteiger partial charge in [0.25, 0.3) is 5.56 Å². The fraction of sp³-hybridized carbons (Fsp3) is 0.381. The number of thioether (sulfide) groups is 1. The van der Waals surface area contributed by atoms with Crippen molar-refractivity contribution in [3.63, 3.8) is 0 Å². The smallest absolute Gasteiger partial charge is 0.262 e. The molecule has 28 heavy (non-hydrogen) atoms. The SMILES string of the molecule is CCCCNC(=O)[C@H](CC)Sc1nc2ccccc2c(=O)n1Cc1ccco1. The molecule has 148 valence electrons. The van der Waals surface area contributed by atoms with E-state index in [-0.39, 0.29) is 23.3 Å². The van der Waals surface area contributed by atoms with Gasteiger partial charge in [-0.2, -0.15) is 0 Å². The van der Waals surface area contributed by atoms with E-state index in [1.54, 1.807) is 23.0 Å². The van der Waals surface area contributed by atoms with Gasteiger partial charge < -0.3 is 9.73 Å². The number of benzene rings is 1. The summed E-state index contributed by atoms with van der Waals surface area (Å²) in [5.41, 5.74) is 0.498. The normalized spacial score (nSPS) is 12.2. The molecule has 2 heterocycles. The van der Waals surface area contributed by atoms with Gasteiger partial charge in [-0.25, -0.2) is 4.98 Å². The highest BCUT2D eigenvalue weighted by Crippen LogP contribution is 2.25. The molecule has 1 N–H and O–H groups in total. The summed E-state index contributed by atoms with van der Waals surface area (Å²) in [5.74, 6) is 0.648. The third-order valence-corrected chi connectivity index (χ3v) is 5.82. The summed E-state index contributed by atoms with van der Waals surface area (Å²) < 4.78 is 7.02. The Labute approximate surface area is 168 Å². The van der Waals surface area contributed by atoms with Crippen LogP contribution in [0.2, 0.25) is 0 Å². The molecule has 0 spiro atoms. The topological polar surface area (TPSA) is 77.1 Å². The Balaban J connectivity index is 1.95. The van der Waals surface area contributed by atoms with Gasteiger partial charge in [0, 0.05) is 6.54 Å². The number of carbonyl (C=O) groups is 1. The monoisotopic (exact) mass is 399 g/mol. The number of amides is 1. The van der Waals surface area contributed by atoms with Gasteiger partial charge >= 0.3 is 0 Å². The highest BCUT2D eigenvalue weighted by Gasteiger charge is 2.22. The molecule has 1 atom stereocenters. The Morgan fingerprint density at radius 2 is 2.07 bits per heavy atom. The van der Waals surface area contributed by atoms with E-state index in [4.69, 9.17) is 4.42 Å². The van der Waals surface area contributed by atoms with Crippen LogP contribution in [-0.2, 0) is 11.3 Å². The lowest BCUT2D eigenvalue weighted by Crippen LogP contribution is -2.34. The minimum Gasteiger partial charge on any atom is -0.467 e. The Kier molecular flexibility index (Phi) is 6.92. The molecule has 0 saturated carbocycles. The fourth-order valence-electron chi connectivity index (χ4n) is 2.89. The van der Waals surface area contributed by atoms with Gasteiger partial charge in [-0.05, 0) is 37.1 Å². The first-order valence-electron chi connectivity index (χ1n) is 9.60. The Hall–Kier alpha value is -2.54. The van der Waals surface area contributed by atoms with Crippen LogP contribution in [0.15, 0.2) is 57.0 Å². The molecule has 0 saturated heterocycles. The molecule has 0 aliphatic rings. The summed E-state index contributed by atoms with van der Waals surface area (Å²) in [6.07, 6.45) is 4.20. The molecule has 1 aromatic carbocycles. The summed E-state index contributed by atoms with van der Waals surface area (Å²) >= 11 is 1.33. The molecule has 0 fully saturated rings. The minimum atomic E-state index is -0.312. The van der Waals surface area contributed by atoms with Gasteiger partial charge in [-0.15, -0.1) is 0 Å². The molecule has 0 aliphatic carbocycles. The van der Waals surface area contributed by atoms with Crippen molar-refractivity contribution in [3.05, 3.63) is 58.8 Å². The highest BCUT2D eigenvalue weighted by atomic mass is 32.2. The molecular weight excluding hydrogens is 374 g/mol. The van der Waals surface area contributed by atoms with Crippen molar-refractivity contribution >= 4 is 28.6 Å². The molecule has 2 aromatic heterocycles. The predicted molar refractivity (Wildman–Crippen MR) is 112 cm³/mol. The van der Waals surface area contributed by atoms with Crippen LogP contribution in [0.25, 0.3) is 10.9 Å². The van der Waals surface area contributed by atoms with Crippen molar-refractivity contribution in [1.82, 2.24) is 14.9 Å². The first-order valence-corrected chi connectivity index (χ1v) is 10.5. The average molecular weight is 400 g/mol. The van der Waals surface area contributed by atoms with E-state index in [2.05, 4.69) is 17.2 Å². The predicted octanol–water partition coefficient (Wildman–Crippen LogP) is 3.82. The molecule has 0 radical (unpaired) electrons. The lowest BCUT2D eigenvalue weighted by Gasteiger charge is -2.17. The number of nitrogens with one attached hydrogen (secondary N) is 1. The molecule has 0 unspecified atom stereocenters. The summed E-state index contributed by atoms with van der Waals surface area (Å²) in [7, 11) is 0. The molecule has 7 heteroatoms. The maximum Gasteiger partial charge on any atom is 0.262 e. The Bertz CT molecular complexity index is 982. The van der Waals surface area contributed by atoms with Gasteiger partial charge in [0.2, 0.25) is 5.91 Å². The third-order valence-electron chi connectivity index (χ3n) is 4.46. The summed E-state index contributed by atoms with van der Waals surface area (Å²) in [5, 5.41) is 3.75. The lowest BCUT2D eigenvalue weighted by atomic mass is 10.2. The molecule has 6 nitrogen and oxygen atoms in total. The van der Waals surface area contributed by atoms with Crippen LogP contribution in [0.5, 0.6) is 0 Å². The standard InChI is InChI=1S/C21H25N3O3S/c1-3-5-12-22-19(25)18(4-2)28-21-23-17-11-7-6-10-16(17)20(26)24(21)14-15-9-8-13-27-15/h6-11,13,18H,3-5,12,14H2,1-2H3,(H,22,25)/t18-/m0/s1. The van der Waals surface area contributed by atoms with Crippen molar-refractivity contribution in [1.29, 1.82) is 0 Å². The number of unbranched alkanes of at least 4 members (excludes halogenated alkanes) is 1. The van der Waals surface area contributed by atoms with E-state index in [1.165, 1.54) is 11.8 Å². The zero-order valence-electron chi connectivity index (χ0n) is 16.2. The maximum absolute atomic E-state index is 13.1. The van der Waals surface area contributed by atoms with E-state index < -0.39 is 0 Å². The molecule has 3 aromatic rings. The third kappa shape index (κ3) is 4.65. The van der Waals surface area contributed by atoms with Crippen LogP contribution in [-0.4, -0.2) is 27.3 Å². The second-order valence-corrected chi connectivity index (χ2v) is 7.71. The number of hydrogen-bond acceptors (Lipinski definition) is 5. The second-order valence-electron chi connectivity index (χ2n) is 6.54.